The van der Waals surface area contributed by atoms with Crippen molar-refractivity contribution < 1.29 is 18.6 Å². The summed E-state index contributed by atoms with van der Waals surface area (Å²) in [6.45, 7) is 3.73. The normalized spacial score (nSPS) is 15.7. The second kappa shape index (κ2) is 8.11. The Morgan fingerprint density at radius 3 is 2.91 bits per heavy atom. The molecule has 1 amide bonds. The fourth-order valence-corrected chi connectivity index (χ4v) is 3.92. The molecule has 3 heterocycles. The van der Waals surface area contributed by atoms with Crippen molar-refractivity contribution in [3.05, 3.63) is 60.3 Å². The number of nitrogens with two attached hydrogens (primary N) is 1. The van der Waals surface area contributed by atoms with Crippen molar-refractivity contribution in [1.29, 1.82) is 0 Å². The second-order valence-corrected chi connectivity index (χ2v) is 9.07. The summed E-state index contributed by atoms with van der Waals surface area (Å²) in [5.41, 5.74) is 6.39. The monoisotopic (exact) mass is 458 g/mol. The number of hydrogen-bond donors (Lipinski definition) is 5. The molecule has 0 saturated heterocycles. The third-order valence-electron chi connectivity index (χ3n) is 4.46. The molecule has 1 aliphatic heterocycles. The number of nitrogens with one attached hydrogen (secondary N) is 2. The van der Waals surface area contributed by atoms with E-state index < -0.39 is 16.5 Å². The van der Waals surface area contributed by atoms with Crippen LogP contribution in [-0.2, 0) is 0 Å². The van der Waals surface area contributed by atoms with E-state index >= 15 is 0 Å². The van der Waals surface area contributed by atoms with E-state index in [4.69, 9.17) is 10.5 Å². The maximum absolute atomic E-state index is 12.8. The molecule has 0 fully saturated rings. The Morgan fingerprint density at radius 2 is 2.16 bits per heavy atom. The number of amidine groups is 1. The Labute approximate surface area is 185 Å². The molecular weight excluding hydrogens is 436 g/mol. The van der Waals surface area contributed by atoms with Gasteiger partial charge in [0.25, 0.3) is 5.91 Å². The lowest BCUT2D eigenvalue weighted by Gasteiger charge is -2.34. The Bertz CT molecular complexity index is 1180. The summed E-state index contributed by atoms with van der Waals surface area (Å²) in [7, 11) is -3.39. The minimum absolute atomic E-state index is 0.0476. The van der Waals surface area contributed by atoms with E-state index in [1.807, 2.05) is 13.8 Å². The zero-order chi connectivity index (χ0) is 22.9. The molecule has 6 N–H and O–H groups in total. The first-order chi connectivity index (χ1) is 15.1. The van der Waals surface area contributed by atoms with Crippen LogP contribution in [0.1, 0.15) is 29.8 Å². The summed E-state index contributed by atoms with van der Waals surface area (Å²) in [6.07, 6.45) is 4.39. The van der Waals surface area contributed by atoms with Crippen LogP contribution in [0.5, 0.6) is 5.75 Å². The van der Waals surface area contributed by atoms with Gasteiger partial charge < -0.3 is 15.8 Å². The van der Waals surface area contributed by atoms with E-state index in [0.29, 0.717) is 28.4 Å². The summed E-state index contributed by atoms with van der Waals surface area (Å²) in [5, 5.41) is 6.94. The Morgan fingerprint density at radius 1 is 1.34 bits per heavy atom. The van der Waals surface area contributed by atoms with Crippen LogP contribution in [-0.4, -0.2) is 52.7 Å². The van der Waals surface area contributed by atoms with Crippen molar-refractivity contribution in [2.75, 3.05) is 11.3 Å². The molecular formula is C19H22N8O4S. The lowest BCUT2D eigenvalue weighted by molar-refractivity contribution is 0.0880. The zero-order valence-corrected chi connectivity index (χ0v) is 18.1. The number of anilines is 1. The number of hydrogen-bond acceptors (Lipinski definition) is 10. The van der Waals surface area contributed by atoms with Gasteiger partial charge >= 0.3 is 0 Å². The molecule has 1 aromatic carbocycles. The van der Waals surface area contributed by atoms with Gasteiger partial charge in [-0.25, -0.2) is 14.6 Å². The largest absolute Gasteiger partial charge is 0.490 e. The van der Waals surface area contributed by atoms with E-state index in [1.165, 1.54) is 23.5 Å². The van der Waals surface area contributed by atoms with Gasteiger partial charge in [-0.3, -0.25) is 18.6 Å². The fourth-order valence-electron chi connectivity index (χ4n) is 3.04. The molecule has 0 bridgehead atoms. The first-order valence-electron chi connectivity index (χ1n) is 9.45. The molecule has 2 aromatic heterocycles. The Hall–Kier alpha value is -3.68. The number of fused-ring (bicyclic) bond motifs is 1. The summed E-state index contributed by atoms with van der Waals surface area (Å²) in [4.78, 5) is 20.9. The van der Waals surface area contributed by atoms with Crippen molar-refractivity contribution in [2.24, 2.45) is 10.1 Å². The number of benzene rings is 1. The number of carbonyl (C=O) groups is 1. The molecule has 0 radical (unpaired) electrons. The molecule has 3 aromatic rings. The molecule has 1 aliphatic rings. The van der Waals surface area contributed by atoms with Crippen LogP contribution in [0.2, 0.25) is 0 Å². The first-order valence-corrected chi connectivity index (χ1v) is 10.9. The molecule has 0 unspecified atom stereocenters. The molecule has 168 valence electrons. The van der Waals surface area contributed by atoms with Crippen LogP contribution in [0, 0.1) is 0 Å². The molecule has 32 heavy (non-hydrogen) atoms. The molecule has 0 aliphatic carbocycles. The van der Waals surface area contributed by atoms with Crippen molar-refractivity contribution in [1.82, 2.24) is 25.1 Å². The van der Waals surface area contributed by atoms with Crippen LogP contribution in [0.4, 0.5) is 5.69 Å². The van der Waals surface area contributed by atoms with Crippen molar-refractivity contribution in [3.8, 4) is 11.6 Å². The predicted molar refractivity (Wildman–Crippen MR) is 120 cm³/mol. The zero-order valence-electron chi connectivity index (χ0n) is 17.3. The van der Waals surface area contributed by atoms with Gasteiger partial charge in [-0.1, -0.05) is 6.07 Å². The average Bonchev–Trinajstić information content (AvgIpc) is 3.26. The third-order valence-corrected chi connectivity index (χ3v) is 5.40. The topological polar surface area (TPSA) is 173 Å². The Balaban J connectivity index is 1.46. The molecule has 13 heteroatoms. The number of rotatable bonds is 6. The van der Waals surface area contributed by atoms with Crippen LogP contribution < -0.4 is 20.5 Å². The number of amides is 1. The minimum Gasteiger partial charge on any atom is -0.490 e. The van der Waals surface area contributed by atoms with Gasteiger partial charge in [0.2, 0.25) is 0 Å². The number of carbonyl (C=O) groups excluding carboxylic acids is 1. The van der Waals surface area contributed by atoms with E-state index in [9.17, 15) is 13.9 Å². The highest BCUT2D eigenvalue weighted by Crippen LogP contribution is 2.46. The lowest BCUT2D eigenvalue weighted by atomic mass is 10.1. The standard InChI is InChI=1S/C19H22N8O4S/c1-19(2,24-18(28)12-6-7-22-15(8-12)27-11-21-10-23-27)9-31-14-5-3-4-13-16(14)17(20)26-32(29,30)25-13/h3-8,10-11,25,29-30H,9H2,1-2H3,(H2,20,26)(H,24,28). The summed E-state index contributed by atoms with van der Waals surface area (Å²) < 4.78 is 33.2. The molecule has 0 spiro atoms. The van der Waals surface area contributed by atoms with Gasteiger partial charge in [0.1, 0.15) is 25.0 Å². The lowest BCUT2D eigenvalue weighted by Crippen LogP contribution is -2.48. The number of pyridine rings is 1. The van der Waals surface area contributed by atoms with Crippen LogP contribution >= 0.6 is 11.0 Å². The molecule has 0 atom stereocenters. The quantitative estimate of drug-likeness (QED) is 0.370. The van der Waals surface area contributed by atoms with Gasteiger partial charge in [-0.15, -0.1) is 4.40 Å². The summed E-state index contributed by atoms with van der Waals surface area (Å²) in [5.74, 6) is 0.502. The van der Waals surface area contributed by atoms with E-state index in [0.717, 1.165) is 0 Å². The summed E-state index contributed by atoms with van der Waals surface area (Å²) >= 11 is 0. The fraction of sp³-hybridized carbons (Fsp3) is 0.211. The smallest absolute Gasteiger partial charge is 0.252 e. The van der Waals surface area contributed by atoms with Crippen molar-refractivity contribution in [2.45, 2.75) is 19.4 Å². The van der Waals surface area contributed by atoms with Gasteiger partial charge in [0.15, 0.2) is 11.7 Å². The molecule has 12 nitrogen and oxygen atoms in total. The van der Waals surface area contributed by atoms with E-state index in [2.05, 4.69) is 29.5 Å². The highest BCUT2D eigenvalue weighted by Gasteiger charge is 2.27. The predicted octanol–water partition coefficient (Wildman–Crippen LogP) is 1.96. The van der Waals surface area contributed by atoms with Crippen molar-refractivity contribution >= 4 is 28.4 Å². The number of ether oxygens (including phenoxy) is 1. The van der Waals surface area contributed by atoms with Gasteiger partial charge in [-0.05, 0) is 49.1 Å². The van der Waals surface area contributed by atoms with E-state index in [1.54, 1.807) is 30.3 Å². The van der Waals surface area contributed by atoms with Gasteiger partial charge in [0.05, 0.1) is 16.8 Å². The Kier molecular flexibility index (Phi) is 5.46. The number of aromatic nitrogens is 4. The van der Waals surface area contributed by atoms with E-state index in [-0.39, 0.29) is 18.3 Å². The first kappa shape index (κ1) is 21.5. The molecule has 0 saturated carbocycles. The maximum Gasteiger partial charge on any atom is 0.252 e. The van der Waals surface area contributed by atoms with Crippen molar-refractivity contribution in [3.63, 3.8) is 0 Å². The average molecular weight is 459 g/mol. The van der Waals surface area contributed by atoms with Crippen LogP contribution in [0.3, 0.4) is 0 Å². The van der Waals surface area contributed by atoms with Gasteiger partial charge in [-0.2, -0.15) is 5.10 Å². The van der Waals surface area contributed by atoms with Crippen LogP contribution in [0.25, 0.3) is 5.82 Å². The van der Waals surface area contributed by atoms with Crippen LogP contribution in [0.15, 0.2) is 53.6 Å². The number of nitrogens with zero attached hydrogens (tertiary/aromatic N) is 5. The second-order valence-electron chi connectivity index (χ2n) is 7.65. The SMILES string of the molecule is CC(C)(COc1cccc2c1C(N)=NS(O)(O)N2)NC(=O)c1ccnc(-n2cncn2)c1. The highest BCUT2D eigenvalue weighted by atomic mass is 32.3. The highest BCUT2D eigenvalue weighted by molar-refractivity contribution is 8.24. The minimum atomic E-state index is -3.39. The summed E-state index contributed by atoms with van der Waals surface area (Å²) in [6, 6.07) is 8.22. The maximum atomic E-state index is 12.8. The molecule has 4 rings (SSSR count). The third kappa shape index (κ3) is 4.64. The van der Waals surface area contributed by atoms with Gasteiger partial charge in [0, 0.05) is 11.8 Å².